The second-order valence-electron chi connectivity index (χ2n) is 4.69. The first-order valence-electron chi connectivity index (χ1n) is 5.83. The summed E-state index contributed by atoms with van der Waals surface area (Å²) in [6.45, 7) is 0.645. The van der Waals surface area contributed by atoms with Gasteiger partial charge in [0.1, 0.15) is 5.75 Å². The summed E-state index contributed by atoms with van der Waals surface area (Å²) in [4.78, 5) is 12.0. The van der Waals surface area contributed by atoms with Crippen LogP contribution < -0.4 is 10.1 Å². The predicted octanol–water partition coefficient (Wildman–Crippen LogP) is 1.96. The molecule has 1 amide bonds. The van der Waals surface area contributed by atoms with E-state index < -0.39 is 0 Å². The highest BCUT2D eigenvalue weighted by Crippen LogP contribution is 2.44. The van der Waals surface area contributed by atoms with Crippen molar-refractivity contribution in [1.82, 2.24) is 5.32 Å². The number of benzene rings is 1. The lowest BCUT2D eigenvalue weighted by molar-refractivity contribution is 0.0932. The molecule has 0 heterocycles. The van der Waals surface area contributed by atoms with Crippen LogP contribution in [0.25, 0.3) is 0 Å². The largest absolute Gasteiger partial charge is 0.496 e. The van der Waals surface area contributed by atoms with Crippen molar-refractivity contribution in [2.24, 2.45) is 5.41 Å². The van der Waals surface area contributed by atoms with Crippen LogP contribution in [0.4, 0.5) is 0 Å². The Hall–Kier alpha value is -1.07. The zero-order valence-electron chi connectivity index (χ0n) is 10.2. The second-order valence-corrected chi connectivity index (χ2v) is 5.60. The molecule has 98 valence electrons. The number of nitrogens with one attached hydrogen (secondary N) is 1. The molecule has 0 unspecified atom stereocenters. The number of methoxy groups -OCH3 is 1. The van der Waals surface area contributed by atoms with Crippen LogP contribution in [0.15, 0.2) is 22.7 Å². The standard InChI is InChI=1S/C13H16BrNO3/c1-18-11-6-9(14)2-3-10(11)12(17)15-7-13(8-16)4-5-13/h2-3,6,16H,4-5,7-8H2,1H3,(H,15,17). The minimum absolute atomic E-state index is 0.0851. The summed E-state index contributed by atoms with van der Waals surface area (Å²) in [5.41, 5.74) is 0.424. The topological polar surface area (TPSA) is 58.6 Å². The van der Waals surface area contributed by atoms with Gasteiger partial charge in [0.2, 0.25) is 0 Å². The van der Waals surface area contributed by atoms with Gasteiger partial charge in [-0.15, -0.1) is 0 Å². The summed E-state index contributed by atoms with van der Waals surface area (Å²) >= 11 is 3.33. The van der Waals surface area contributed by atoms with Crippen LogP contribution in [-0.2, 0) is 0 Å². The van der Waals surface area contributed by atoms with E-state index in [1.165, 1.54) is 7.11 Å². The molecule has 0 radical (unpaired) electrons. The number of aliphatic hydroxyl groups is 1. The maximum Gasteiger partial charge on any atom is 0.255 e. The Kier molecular flexibility index (Phi) is 3.92. The molecule has 4 nitrogen and oxygen atoms in total. The van der Waals surface area contributed by atoms with Crippen LogP contribution >= 0.6 is 15.9 Å². The Morgan fingerprint density at radius 1 is 1.56 bits per heavy atom. The summed E-state index contributed by atoms with van der Waals surface area (Å²) in [5, 5.41) is 12.0. The molecule has 1 aromatic carbocycles. The van der Waals surface area contributed by atoms with Crippen LogP contribution in [0.5, 0.6) is 5.75 Å². The lowest BCUT2D eigenvalue weighted by atomic mass is 10.1. The number of halogens is 1. The Morgan fingerprint density at radius 2 is 2.28 bits per heavy atom. The van der Waals surface area contributed by atoms with Crippen LogP contribution in [0, 0.1) is 5.41 Å². The van der Waals surface area contributed by atoms with Gasteiger partial charge in [0.05, 0.1) is 19.3 Å². The van der Waals surface area contributed by atoms with E-state index in [2.05, 4.69) is 21.2 Å². The van der Waals surface area contributed by atoms with Gasteiger partial charge in [-0.2, -0.15) is 0 Å². The maximum atomic E-state index is 12.0. The molecule has 5 heteroatoms. The van der Waals surface area contributed by atoms with Gasteiger partial charge in [0.25, 0.3) is 5.91 Å². The molecule has 1 aromatic rings. The number of amides is 1. The minimum Gasteiger partial charge on any atom is -0.496 e. The summed E-state index contributed by atoms with van der Waals surface area (Å²) in [6, 6.07) is 5.28. The molecular formula is C13H16BrNO3. The molecule has 1 fully saturated rings. The zero-order chi connectivity index (χ0) is 13.2. The molecule has 18 heavy (non-hydrogen) atoms. The van der Waals surface area contributed by atoms with E-state index in [1.807, 2.05) is 0 Å². The van der Waals surface area contributed by atoms with Gasteiger partial charge in [-0.1, -0.05) is 15.9 Å². The fourth-order valence-corrected chi connectivity index (χ4v) is 2.12. The van der Waals surface area contributed by atoms with Crippen LogP contribution in [0.1, 0.15) is 23.2 Å². The van der Waals surface area contributed by atoms with Crippen molar-refractivity contribution in [3.8, 4) is 5.75 Å². The SMILES string of the molecule is COc1cc(Br)ccc1C(=O)NCC1(CO)CC1. The molecule has 0 aliphatic heterocycles. The molecule has 0 atom stereocenters. The van der Waals surface area contributed by atoms with Gasteiger partial charge in [-0.25, -0.2) is 0 Å². The van der Waals surface area contributed by atoms with Crippen LogP contribution in [0.2, 0.25) is 0 Å². The number of carbonyl (C=O) groups excluding carboxylic acids is 1. The zero-order valence-corrected chi connectivity index (χ0v) is 11.8. The lowest BCUT2D eigenvalue weighted by Crippen LogP contribution is -2.32. The van der Waals surface area contributed by atoms with E-state index in [0.717, 1.165) is 17.3 Å². The molecule has 2 rings (SSSR count). The summed E-state index contributed by atoms with van der Waals surface area (Å²) in [7, 11) is 1.54. The van der Waals surface area contributed by atoms with E-state index >= 15 is 0 Å². The van der Waals surface area contributed by atoms with Crippen LogP contribution in [0.3, 0.4) is 0 Å². The van der Waals surface area contributed by atoms with Gasteiger partial charge >= 0.3 is 0 Å². The Balaban J connectivity index is 2.04. The summed E-state index contributed by atoms with van der Waals surface area (Å²) in [6.07, 6.45) is 1.95. The van der Waals surface area contributed by atoms with Crippen molar-refractivity contribution in [1.29, 1.82) is 0 Å². The summed E-state index contributed by atoms with van der Waals surface area (Å²) in [5.74, 6) is 0.370. The third-order valence-corrected chi connectivity index (χ3v) is 3.82. The third kappa shape index (κ3) is 2.84. The fraction of sp³-hybridized carbons (Fsp3) is 0.462. The highest BCUT2D eigenvalue weighted by atomic mass is 79.9. The van der Waals surface area contributed by atoms with E-state index in [0.29, 0.717) is 17.9 Å². The number of hydrogen-bond acceptors (Lipinski definition) is 3. The number of ether oxygens (including phenoxy) is 1. The Morgan fingerprint density at radius 3 is 2.83 bits per heavy atom. The smallest absolute Gasteiger partial charge is 0.255 e. The first kappa shape index (κ1) is 13.4. The van der Waals surface area contributed by atoms with Gasteiger partial charge in [0.15, 0.2) is 0 Å². The number of hydrogen-bond donors (Lipinski definition) is 2. The molecule has 2 N–H and O–H groups in total. The van der Waals surface area contributed by atoms with Crippen molar-refractivity contribution in [2.75, 3.05) is 20.3 Å². The molecule has 1 saturated carbocycles. The molecular weight excluding hydrogens is 298 g/mol. The van der Waals surface area contributed by atoms with Crippen LogP contribution in [-0.4, -0.2) is 31.3 Å². The second kappa shape index (κ2) is 5.28. The molecule has 0 saturated heterocycles. The van der Waals surface area contributed by atoms with Crippen molar-refractivity contribution in [3.63, 3.8) is 0 Å². The highest BCUT2D eigenvalue weighted by Gasteiger charge is 2.42. The molecule has 0 aromatic heterocycles. The van der Waals surface area contributed by atoms with E-state index in [1.54, 1.807) is 18.2 Å². The first-order valence-corrected chi connectivity index (χ1v) is 6.62. The predicted molar refractivity (Wildman–Crippen MR) is 71.8 cm³/mol. The van der Waals surface area contributed by atoms with Crippen molar-refractivity contribution < 1.29 is 14.6 Å². The van der Waals surface area contributed by atoms with Gasteiger partial charge < -0.3 is 15.2 Å². The summed E-state index contributed by atoms with van der Waals surface area (Å²) < 4.78 is 6.05. The molecule has 0 bridgehead atoms. The van der Waals surface area contributed by atoms with E-state index in [9.17, 15) is 9.90 Å². The molecule has 0 spiro atoms. The number of aliphatic hydroxyl groups excluding tert-OH is 1. The lowest BCUT2D eigenvalue weighted by Gasteiger charge is -2.14. The average Bonchev–Trinajstić information content (AvgIpc) is 3.16. The van der Waals surface area contributed by atoms with Crippen molar-refractivity contribution >= 4 is 21.8 Å². The molecule has 1 aliphatic rings. The van der Waals surface area contributed by atoms with Gasteiger partial charge in [0, 0.05) is 16.4 Å². The van der Waals surface area contributed by atoms with Crippen molar-refractivity contribution in [2.45, 2.75) is 12.8 Å². The number of rotatable bonds is 5. The quantitative estimate of drug-likeness (QED) is 0.873. The Bertz CT molecular complexity index is 458. The first-order chi connectivity index (χ1) is 8.60. The number of carbonyl (C=O) groups is 1. The fourth-order valence-electron chi connectivity index (χ4n) is 1.78. The van der Waals surface area contributed by atoms with E-state index in [4.69, 9.17) is 4.74 Å². The maximum absolute atomic E-state index is 12.0. The van der Waals surface area contributed by atoms with Gasteiger partial charge in [-0.05, 0) is 31.0 Å². The molecule has 1 aliphatic carbocycles. The average molecular weight is 314 g/mol. The Labute approximate surface area is 114 Å². The normalized spacial score (nSPS) is 16.2. The monoisotopic (exact) mass is 313 g/mol. The van der Waals surface area contributed by atoms with Gasteiger partial charge in [-0.3, -0.25) is 4.79 Å². The highest BCUT2D eigenvalue weighted by molar-refractivity contribution is 9.10. The van der Waals surface area contributed by atoms with E-state index in [-0.39, 0.29) is 17.9 Å². The minimum atomic E-state index is -0.168. The third-order valence-electron chi connectivity index (χ3n) is 3.32. The van der Waals surface area contributed by atoms with Crippen molar-refractivity contribution in [3.05, 3.63) is 28.2 Å².